The third-order valence-electron chi connectivity index (χ3n) is 3.54. The Morgan fingerprint density at radius 1 is 1.38 bits per heavy atom. The highest BCUT2D eigenvalue weighted by atomic mass is 31.2. The molecule has 0 aliphatic carbocycles. The zero-order valence-corrected chi connectivity index (χ0v) is 13.5. The van der Waals surface area contributed by atoms with Crippen LogP contribution in [0.2, 0.25) is 0 Å². The molecule has 16 heteroatoms. The average Bonchev–Trinajstić information content (AvgIpc) is 3.08. The van der Waals surface area contributed by atoms with Crippen molar-refractivity contribution < 1.29 is 38.9 Å². The van der Waals surface area contributed by atoms with Crippen molar-refractivity contribution in [2.24, 2.45) is 5.11 Å². The molecular formula is C10H12N7O8P. The lowest BCUT2D eigenvalue weighted by Gasteiger charge is -2.16. The molecule has 1 fully saturated rings. The minimum Gasteiger partial charge on any atom is -0.492 e. The first-order chi connectivity index (χ1) is 12.2. The van der Waals surface area contributed by atoms with E-state index in [4.69, 9.17) is 20.1 Å². The Bertz CT molecular complexity index is 923. The number of imidazole rings is 1. The summed E-state index contributed by atoms with van der Waals surface area (Å²) in [6, 6.07) is 0. The van der Waals surface area contributed by atoms with Gasteiger partial charge in [-0.15, -0.1) is 0 Å². The summed E-state index contributed by atoms with van der Waals surface area (Å²) in [5.41, 5.74) is 8.31. The van der Waals surface area contributed by atoms with Crippen LogP contribution in [0, 0.1) is 0 Å². The number of phosphoric ester groups is 1. The summed E-state index contributed by atoms with van der Waals surface area (Å²) in [7, 11) is -4.80. The van der Waals surface area contributed by atoms with Gasteiger partial charge in [0.15, 0.2) is 17.4 Å². The van der Waals surface area contributed by atoms with Crippen molar-refractivity contribution >= 4 is 24.9 Å². The Kier molecular flexibility index (Phi) is 4.79. The highest BCUT2D eigenvalue weighted by Crippen LogP contribution is 2.39. The topological polar surface area (TPSA) is 229 Å². The van der Waals surface area contributed by atoms with Crippen LogP contribution in [0.1, 0.15) is 6.23 Å². The van der Waals surface area contributed by atoms with Gasteiger partial charge in [-0.25, -0.2) is 14.5 Å². The van der Waals surface area contributed by atoms with Gasteiger partial charge in [0, 0.05) is 4.91 Å². The van der Waals surface area contributed by atoms with Crippen LogP contribution in [0.15, 0.2) is 11.4 Å². The van der Waals surface area contributed by atoms with Crippen molar-refractivity contribution in [2.45, 2.75) is 24.5 Å². The third-order valence-corrected chi connectivity index (χ3v) is 4.03. The van der Waals surface area contributed by atoms with E-state index in [1.165, 1.54) is 0 Å². The largest absolute Gasteiger partial charge is 0.492 e. The molecule has 1 saturated heterocycles. The molecule has 5 N–H and O–H groups in total. The average molecular weight is 389 g/mol. The van der Waals surface area contributed by atoms with Gasteiger partial charge in [-0.1, -0.05) is 0 Å². The van der Waals surface area contributed by atoms with Crippen molar-refractivity contribution in [2.75, 3.05) is 6.61 Å². The van der Waals surface area contributed by atoms with E-state index in [2.05, 4.69) is 29.5 Å². The number of aromatic hydroxyl groups is 1. The minimum atomic E-state index is -4.80. The van der Waals surface area contributed by atoms with Crippen LogP contribution in [0.5, 0.6) is 5.88 Å². The van der Waals surface area contributed by atoms with Crippen molar-refractivity contribution in [3.05, 3.63) is 16.8 Å². The first kappa shape index (κ1) is 18.4. The summed E-state index contributed by atoms with van der Waals surface area (Å²) in [5.74, 6) is -0.987. The lowest BCUT2D eigenvalue weighted by atomic mass is 10.1. The summed E-state index contributed by atoms with van der Waals surface area (Å²) in [6.07, 6.45) is -4.46. The van der Waals surface area contributed by atoms with E-state index in [1.54, 1.807) is 0 Å². The maximum atomic E-state index is 10.8. The highest BCUT2D eigenvalue weighted by Gasteiger charge is 2.45. The van der Waals surface area contributed by atoms with Crippen LogP contribution < -0.4 is 0 Å². The summed E-state index contributed by atoms with van der Waals surface area (Å²) in [4.78, 5) is 31.2. The Hall–Kier alpha value is -2.35. The molecule has 15 nitrogen and oxygen atoms in total. The quantitative estimate of drug-likeness (QED) is 0.184. The fourth-order valence-electron chi connectivity index (χ4n) is 2.43. The third kappa shape index (κ3) is 3.46. The van der Waals surface area contributed by atoms with Crippen LogP contribution >= 0.6 is 7.82 Å². The van der Waals surface area contributed by atoms with E-state index in [9.17, 15) is 19.9 Å². The SMILES string of the molecule is [N-]=[N+]=Nc1nc(O)c2ncn([C@@H]3O[C@H](COP(=O)(O)O)[C@@H](O)[C@H]3O)c2n1. The number of hydrogen-bond donors (Lipinski definition) is 5. The number of aromatic nitrogens is 4. The molecule has 1 aliphatic rings. The number of aliphatic hydroxyl groups is 2. The van der Waals surface area contributed by atoms with E-state index >= 15 is 0 Å². The fraction of sp³-hybridized carbons (Fsp3) is 0.500. The van der Waals surface area contributed by atoms with Gasteiger partial charge in [0.1, 0.15) is 18.3 Å². The van der Waals surface area contributed by atoms with Crippen molar-refractivity contribution in [3.63, 3.8) is 0 Å². The van der Waals surface area contributed by atoms with Crippen LogP contribution in [0.4, 0.5) is 5.95 Å². The van der Waals surface area contributed by atoms with Gasteiger partial charge in [0.2, 0.25) is 11.8 Å². The number of nitrogens with zero attached hydrogens (tertiary/aromatic N) is 7. The summed E-state index contributed by atoms with van der Waals surface area (Å²) in [5, 5.41) is 33.1. The zero-order valence-electron chi connectivity index (χ0n) is 12.6. The molecule has 2 aromatic rings. The molecule has 3 rings (SSSR count). The first-order valence-electron chi connectivity index (χ1n) is 6.91. The molecule has 2 aromatic heterocycles. The number of fused-ring (bicyclic) bond motifs is 1. The molecule has 1 aliphatic heterocycles. The predicted octanol–water partition coefficient (Wildman–Crippen LogP) is -0.798. The van der Waals surface area contributed by atoms with Gasteiger partial charge in [0.25, 0.3) is 0 Å². The predicted molar refractivity (Wildman–Crippen MR) is 79.7 cm³/mol. The lowest BCUT2D eigenvalue weighted by Crippen LogP contribution is -2.33. The molecule has 0 saturated carbocycles. The standard InChI is InChI=1S/C10H12N7O8P/c11-16-15-10-13-7-4(8(20)14-10)12-2-17(7)9-6(19)5(18)3(25-9)1-24-26(21,22)23/h2-3,5-6,9,18-19H,1H2,(H,13,14,20)(H2,21,22,23)/t3-,5-,6-,9-/m1/s1. The van der Waals surface area contributed by atoms with Gasteiger partial charge in [-0.2, -0.15) is 4.98 Å². The number of ether oxygens (including phenoxy) is 1. The Morgan fingerprint density at radius 3 is 2.77 bits per heavy atom. The molecule has 0 aromatic carbocycles. The molecule has 0 spiro atoms. The number of azide groups is 1. The highest BCUT2D eigenvalue weighted by molar-refractivity contribution is 7.46. The number of hydrogen-bond acceptors (Lipinski definition) is 10. The molecule has 0 bridgehead atoms. The molecule has 0 unspecified atom stereocenters. The van der Waals surface area contributed by atoms with Crippen LogP contribution in [-0.2, 0) is 13.8 Å². The van der Waals surface area contributed by atoms with E-state index in [1.807, 2.05) is 0 Å². The van der Waals surface area contributed by atoms with Crippen LogP contribution in [0.3, 0.4) is 0 Å². The van der Waals surface area contributed by atoms with Gasteiger partial charge in [-0.05, 0) is 10.6 Å². The van der Waals surface area contributed by atoms with Crippen molar-refractivity contribution in [1.82, 2.24) is 19.5 Å². The van der Waals surface area contributed by atoms with E-state index in [0.717, 1.165) is 10.9 Å². The molecule has 140 valence electrons. The summed E-state index contributed by atoms with van der Waals surface area (Å²) in [6.45, 7) is -0.685. The summed E-state index contributed by atoms with van der Waals surface area (Å²) < 4.78 is 21.6. The van der Waals surface area contributed by atoms with Gasteiger partial charge >= 0.3 is 7.82 Å². The Morgan fingerprint density at radius 2 is 2.12 bits per heavy atom. The Balaban J connectivity index is 1.93. The number of phosphoric acid groups is 1. The maximum Gasteiger partial charge on any atom is 0.469 e. The molecule has 4 atom stereocenters. The van der Waals surface area contributed by atoms with E-state index in [-0.39, 0.29) is 11.2 Å². The van der Waals surface area contributed by atoms with Crippen molar-refractivity contribution in [1.29, 1.82) is 0 Å². The second-order valence-corrected chi connectivity index (χ2v) is 6.43. The van der Waals surface area contributed by atoms with E-state index in [0.29, 0.717) is 0 Å². The van der Waals surface area contributed by atoms with Gasteiger partial charge in [-0.3, -0.25) is 9.09 Å². The summed E-state index contributed by atoms with van der Waals surface area (Å²) >= 11 is 0. The molecule has 3 heterocycles. The second kappa shape index (κ2) is 6.75. The number of rotatable bonds is 5. The maximum absolute atomic E-state index is 10.8. The molecule has 0 radical (unpaired) electrons. The van der Waals surface area contributed by atoms with Gasteiger partial charge in [0.05, 0.1) is 12.9 Å². The minimum absolute atomic E-state index is 0.0623. The normalized spacial score (nSPS) is 26.2. The monoisotopic (exact) mass is 389 g/mol. The molecule has 0 amide bonds. The van der Waals surface area contributed by atoms with Crippen LogP contribution in [0.25, 0.3) is 21.6 Å². The lowest BCUT2D eigenvalue weighted by molar-refractivity contribution is -0.0504. The number of aliphatic hydroxyl groups excluding tert-OH is 2. The first-order valence-corrected chi connectivity index (χ1v) is 8.44. The second-order valence-electron chi connectivity index (χ2n) is 5.19. The van der Waals surface area contributed by atoms with Gasteiger partial charge < -0.3 is 29.8 Å². The van der Waals surface area contributed by atoms with Crippen molar-refractivity contribution in [3.8, 4) is 5.88 Å². The molecular weight excluding hydrogens is 377 g/mol. The van der Waals surface area contributed by atoms with Crippen LogP contribution in [-0.4, -0.2) is 69.5 Å². The fourth-order valence-corrected chi connectivity index (χ4v) is 2.77. The smallest absolute Gasteiger partial charge is 0.469 e. The molecule has 26 heavy (non-hydrogen) atoms. The Labute approximate surface area is 143 Å². The zero-order chi connectivity index (χ0) is 19.1. The van der Waals surface area contributed by atoms with E-state index < -0.39 is 50.8 Å².